The van der Waals surface area contributed by atoms with Crippen LogP contribution in [-0.4, -0.2) is 43.0 Å². The predicted octanol–water partition coefficient (Wildman–Crippen LogP) is 3.75. The number of nitrogens with zero attached hydrogens (tertiary/aromatic N) is 1. The molecule has 1 aliphatic rings. The molecule has 0 unspecified atom stereocenters. The molecule has 1 aliphatic heterocycles. The van der Waals surface area contributed by atoms with Crippen LogP contribution in [0.3, 0.4) is 0 Å². The first kappa shape index (κ1) is 22.4. The normalized spacial score (nSPS) is 15.0. The van der Waals surface area contributed by atoms with Gasteiger partial charge >= 0.3 is 0 Å². The molecule has 0 aliphatic carbocycles. The predicted molar refractivity (Wildman–Crippen MR) is 119 cm³/mol. The maximum absolute atomic E-state index is 12.1. The highest BCUT2D eigenvalue weighted by molar-refractivity contribution is 6.42. The van der Waals surface area contributed by atoms with E-state index in [9.17, 15) is 9.59 Å². The smallest absolute Gasteiger partial charge is 0.262 e. The quantitative estimate of drug-likeness (QED) is 0.642. The summed E-state index contributed by atoms with van der Waals surface area (Å²) in [6.07, 6.45) is 2.59. The number of nitrogens with two attached hydrogens (primary N) is 1. The van der Waals surface area contributed by atoms with Crippen LogP contribution in [0.4, 0.5) is 5.69 Å². The molecule has 3 rings (SSSR count). The Kier molecular flexibility index (Phi) is 7.96. The molecule has 30 heavy (non-hydrogen) atoms. The lowest BCUT2D eigenvalue weighted by Gasteiger charge is -2.30. The molecule has 0 aromatic heterocycles. The highest BCUT2D eigenvalue weighted by atomic mass is 35.5. The van der Waals surface area contributed by atoms with Crippen LogP contribution < -0.4 is 15.8 Å². The average Bonchev–Trinajstić information content (AvgIpc) is 2.74. The second kappa shape index (κ2) is 10.7. The number of rotatable bonds is 8. The molecule has 2 aromatic rings. The molecule has 1 heterocycles. The van der Waals surface area contributed by atoms with Crippen molar-refractivity contribution in [2.45, 2.75) is 19.3 Å². The molecule has 0 radical (unpaired) electrons. The van der Waals surface area contributed by atoms with Crippen LogP contribution in [0.25, 0.3) is 0 Å². The van der Waals surface area contributed by atoms with E-state index >= 15 is 0 Å². The Hall–Kier alpha value is -2.28. The van der Waals surface area contributed by atoms with Crippen molar-refractivity contribution in [1.29, 1.82) is 0 Å². The van der Waals surface area contributed by atoms with Crippen molar-refractivity contribution in [1.82, 2.24) is 4.90 Å². The second-order valence-electron chi connectivity index (χ2n) is 7.38. The van der Waals surface area contributed by atoms with E-state index in [2.05, 4.69) is 10.2 Å². The van der Waals surface area contributed by atoms with E-state index in [4.69, 9.17) is 33.7 Å². The number of piperidine rings is 1. The van der Waals surface area contributed by atoms with Crippen molar-refractivity contribution < 1.29 is 14.3 Å². The molecule has 1 saturated heterocycles. The zero-order valence-electron chi connectivity index (χ0n) is 16.6. The average molecular weight is 450 g/mol. The van der Waals surface area contributed by atoms with Gasteiger partial charge in [-0.3, -0.25) is 9.59 Å². The first-order valence-electron chi connectivity index (χ1n) is 9.89. The SMILES string of the molecule is NC(=O)C1CCN(CCc2ccc(NC(=O)COc3ccc(Cl)c(Cl)c3)cc2)CC1. The second-order valence-corrected chi connectivity index (χ2v) is 8.19. The molecule has 8 heteroatoms. The Morgan fingerprint density at radius 3 is 2.40 bits per heavy atom. The van der Waals surface area contributed by atoms with Gasteiger partial charge in [-0.15, -0.1) is 0 Å². The van der Waals surface area contributed by atoms with Gasteiger partial charge in [0.05, 0.1) is 10.0 Å². The van der Waals surface area contributed by atoms with Gasteiger partial charge < -0.3 is 20.7 Å². The minimum atomic E-state index is -0.258. The van der Waals surface area contributed by atoms with Crippen LogP contribution >= 0.6 is 23.2 Å². The molecule has 2 aromatic carbocycles. The number of carbonyl (C=O) groups is 2. The topological polar surface area (TPSA) is 84.7 Å². The molecule has 1 fully saturated rings. The van der Waals surface area contributed by atoms with Gasteiger partial charge in [0.15, 0.2) is 6.61 Å². The first-order chi connectivity index (χ1) is 14.4. The number of hydrogen-bond donors (Lipinski definition) is 2. The van der Waals surface area contributed by atoms with Crippen molar-refractivity contribution in [3.8, 4) is 5.75 Å². The van der Waals surface area contributed by atoms with E-state index in [1.165, 1.54) is 5.56 Å². The number of amides is 2. The highest BCUT2D eigenvalue weighted by Crippen LogP contribution is 2.26. The fourth-order valence-electron chi connectivity index (χ4n) is 3.40. The number of carbonyl (C=O) groups excluding carboxylic acids is 2. The number of hydrogen-bond acceptors (Lipinski definition) is 4. The summed E-state index contributed by atoms with van der Waals surface area (Å²) in [5.74, 6) is 0.0559. The van der Waals surface area contributed by atoms with Crippen LogP contribution in [-0.2, 0) is 16.0 Å². The third-order valence-electron chi connectivity index (χ3n) is 5.21. The number of anilines is 1. The summed E-state index contributed by atoms with van der Waals surface area (Å²) in [7, 11) is 0. The van der Waals surface area contributed by atoms with Crippen LogP contribution in [0.1, 0.15) is 18.4 Å². The molecule has 3 N–H and O–H groups in total. The van der Waals surface area contributed by atoms with E-state index in [1.807, 2.05) is 24.3 Å². The van der Waals surface area contributed by atoms with Gasteiger partial charge in [-0.05, 0) is 62.2 Å². The minimum absolute atomic E-state index is 0.0183. The van der Waals surface area contributed by atoms with E-state index in [0.717, 1.165) is 38.9 Å². The van der Waals surface area contributed by atoms with Gasteiger partial charge in [0.25, 0.3) is 5.91 Å². The zero-order valence-corrected chi connectivity index (χ0v) is 18.1. The summed E-state index contributed by atoms with van der Waals surface area (Å²) >= 11 is 11.8. The molecule has 0 spiro atoms. The lowest BCUT2D eigenvalue weighted by Crippen LogP contribution is -2.39. The van der Waals surface area contributed by atoms with Crippen molar-refractivity contribution in [2.75, 3.05) is 31.6 Å². The van der Waals surface area contributed by atoms with Crippen LogP contribution in [0, 0.1) is 5.92 Å². The molecular weight excluding hydrogens is 425 g/mol. The third-order valence-corrected chi connectivity index (χ3v) is 5.94. The lowest BCUT2D eigenvalue weighted by atomic mass is 9.96. The van der Waals surface area contributed by atoms with Gasteiger partial charge in [0, 0.05) is 24.2 Å². The Morgan fingerprint density at radius 2 is 1.77 bits per heavy atom. The van der Waals surface area contributed by atoms with Gasteiger partial charge in [-0.2, -0.15) is 0 Å². The fraction of sp³-hybridized carbons (Fsp3) is 0.364. The van der Waals surface area contributed by atoms with E-state index in [-0.39, 0.29) is 24.3 Å². The number of likely N-dealkylation sites (tertiary alicyclic amines) is 1. The van der Waals surface area contributed by atoms with Crippen LogP contribution in [0.15, 0.2) is 42.5 Å². The van der Waals surface area contributed by atoms with Crippen molar-refractivity contribution in [2.24, 2.45) is 11.7 Å². The number of benzene rings is 2. The number of ether oxygens (including phenoxy) is 1. The molecule has 2 amide bonds. The van der Waals surface area contributed by atoms with Gasteiger partial charge in [0.2, 0.25) is 5.91 Å². The summed E-state index contributed by atoms with van der Waals surface area (Å²) in [5, 5.41) is 3.62. The molecule has 0 atom stereocenters. The van der Waals surface area contributed by atoms with E-state index < -0.39 is 0 Å². The zero-order chi connectivity index (χ0) is 21.5. The molecular formula is C22H25Cl2N3O3. The van der Waals surface area contributed by atoms with Crippen LogP contribution in [0.2, 0.25) is 10.0 Å². The van der Waals surface area contributed by atoms with Gasteiger partial charge in [-0.25, -0.2) is 0 Å². The monoisotopic (exact) mass is 449 g/mol. The maximum atomic E-state index is 12.1. The molecule has 0 bridgehead atoms. The number of nitrogens with one attached hydrogen (secondary N) is 1. The van der Waals surface area contributed by atoms with Crippen molar-refractivity contribution >= 4 is 40.7 Å². The highest BCUT2D eigenvalue weighted by Gasteiger charge is 2.22. The Labute approximate surface area is 186 Å². The summed E-state index contributed by atoms with van der Waals surface area (Å²) < 4.78 is 5.44. The number of halogens is 2. The largest absolute Gasteiger partial charge is 0.484 e. The summed E-state index contributed by atoms with van der Waals surface area (Å²) in [6.45, 7) is 2.62. The molecule has 6 nitrogen and oxygen atoms in total. The Bertz CT molecular complexity index is 882. The summed E-state index contributed by atoms with van der Waals surface area (Å²) in [6, 6.07) is 12.6. The van der Waals surface area contributed by atoms with Gasteiger partial charge in [0.1, 0.15) is 5.75 Å². The minimum Gasteiger partial charge on any atom is -0.484 e. The summed E-state index contributed by atoms with van der Waals surface area (Å²) in [4.78, 5) is 25.7. The van der Waals surface area contributed by atoms with E-state index in [1.54, 1.807) is 18.2 Å². The van der Waals surface area contributed by atoms with E-state index in [0.29, 0.717) is 21.5 Å². The standard InChI is InChI=1S/C22H25Cl2N3O3/c23-19-6-5-18(13-20(19)24)30-14-21(28)26-17-3-1-15(2-4-17)7-10-27-11-8-16(9-12-27)22(25)29/h1-6,13,16H,7-12,14H2,(H2,25,29)(H,26,28). The first-order valence-corrected chi connectivity index (χ1v) is 10.6. The molecule has 0 saturated carbocycles. The number of primary amides is 1. The Morgan fingerprint density at radius 1 is 1.07 bits per heavy atom. The van der Waals surface area contributed by atoms with Gasteiger partial charge in [-0.1, -0.05) is 35.3 Å². The fourth-order valence-corrected chi connectivity index (χ4v) is 3.68. The Balaban J connectivity index is 1.40. The maximum Gasteiger partial charge on any atom is 0.262 e. The molecule has 160 valence electrons. The lowest BCUT2D eigenvalue weighted by molar-refractivity contribution is -0.123. The van der Waals surface area contributed by atoms with Crippen molar-refractivity contribution in [3.63, 3.8) is 0 Å². The van der Waals surface area contributed by atoms with Crippen molar-refractivity contribution in [3.05, 3.63) is 58.1 Å². The third kappa shape index (κ3) is 6.62. The summed E-state index contributed by atoms with van der Waals surface area (Å²) in [5.41, 5.74) is 7.28. The van der Waals surface area contributed by atoms with Crippen LogP contribution in [0.5, 0.6) is 5.75 Å².